The number of rotatable bonds is 7. The smallest absolute Gasteiger partial charge is 0.415 e. The molecule has 2 N–H and O–H groups in total. The number of nitrogens with zero attached hydrogens (tertiary/aromatic N) is 4. The van der Waals surface area contributed by atoms with Crippen molar-refractivity contribution in [3.8, 4) is 0 Å². The molecule has 1 unspecified atom stereocenters. The minimum atomic E-state index is -1.84. The largest absolute Gasteiger partial charge is 0.460 e. The molecule has 3 heterocycles. The molecule has 41 heavy (non-hydrogen) atoms. The zero-order chi connectivity index (χ0) is 30.1. The van der Waals surface area contributed by atoms with Gasteiger partial charge in [-0.2, -0.15) is 0 Å². The van der Waals surface area contributed by atoms with Crippen LogP contribution in [0.2, 0.25) is 0 Å². The second-order valence-corrected chi connectivity index (χ2v) is 13.0. The molecular formula is C25H29Cl3FN5O7. The molecule has 1 aromatic carbocycles. The van der Waals surface area contributed by atoms with Gasteiger partial charge in [-0.05, 0) is 45.4 Å². The fourth-order valence-corrected chi connectivity index (χ4v) is 4.65. The minimum absolute atomic E-state index is 0.0202. The van der Waals surface area contributed by atoms with E-state index in [4.69, 9.17) is 59.3 Å². The number of nitrogens with two attached hydrogens (primary N) is 1. The van der Waals surface area contributed by atoms with Crippen LogP contribution in [0, 0.1) is 11.7 Å². The van der Waals surface area contributed by atoms with Crippen molar-refractivity contribution in [3.63, 3.8) is 0 Å². The van der Waals surface area contributed by atoms with Crippen LogP contribution in [-0.4, -0.2) is 71.2 Å². The summed E-state index contributed by atoms with van der Waals surface area (Å²) in [5.41, 5.74) is 6.04. The van der Waals surface area contributed by atoms with Gasteiger partial charge in [-0.1, -0.05) is 40.0 Å². The van der Waals surface area contributed by atoms with E-state index in [1.165, 1.54) is 29.4 Å². The highest BCUT2D eigenvalue weighted by Crippen LogP contribution is 2.34. The molecule has 16 heteroatoms. The molecule has 0 bridgehead atoms. The molecule has 0 spiro atoms. The Morgan fingerprint density at radius 1 is 1.24 bits per heavy atom. The summed E-state index contributed by atoms with van der Waals surface area (Å²) in [5.74, 6) is -1.61. The van der Waals surface area contributed by atoms with Crippen LogP contribution in [-0.2, 0) is 19.0 Å². The van der Waals surface area contributed by atoms with E-state index in [1.54, 1.807) is 31.7 Å². The Bertz CT molecular complexity index is 1270. The number of hydrogen-bond donors (Lipinski definition) is 1. The number of cyclic esters (lactones) is 1. The maximum atomic E-state index is 15.3. The van der Waals surface area contributed by atoms with Gasteiger partial charge in [0.05, 0.1) is 36.5 Å². The monoisotopic (exact) mass is 635 g/mol. The van der Waals surface area contributed by atoms with Crippen LogP contribution < -0.4 is 20.4 Å². The lowest BCUT2D eigenvalue weighted by atomic mass is 10.1. The number of aromatic nitrogens is 1. The van der Waals surface area contributed by atoms with Gasteiger partial charge < -0.3 is 29.4 Å². The predicted octanol–water partition coefficient (Wildman–Crippen LogP) is 4.61. The van der Waals surface area contributed by atoms with Gasteiger partial charge in [0.1, 0.15) is 30.4 Å². The molecule has 0 aliphatic carbocycles. The summed E-state index contributed by atoms with van der Waals surface area (Å²) in [6, 6.07) is 5.60. The topological polar surface area (TPSA) is 141 Å². The first-order valence-electron chi connectivity index (χ1n) is 12.6. The highest BCUT2D eigenvalue weighted by Gasteiger charge is 2.41. The first kappa shape index (κ1) is 30.9. The Morgan fingerprint density at radius 3 is 2.59 bits per heavy atom. The van der Waals surface area contributed by atoms with Crippen molar-refractivity contribution in [2.75, 3.05) is 40.9 Å². The fourth-order valence-electron chi connectivity index (χ4n) is 4.49. The van der Waals surface area contributed by atoms with E-state index in [0.717, 1.165) is 4.90 Å². The van der Waals surface area contributed by atoms with E-state index in [0.29, 0.717) is 13.0 Å². The molecule has 0 saturated carbocycles. The van der Waals surface area contributed by atoms with Crippen molar-refractivity contribution in [2.24, 2.45) is 11.7 Å². The maximum Gasteiger partial charge on any atom is 0.415 e. The molecule has 2 aliphatic rings. The van der Waals surface area contributed by atoms with Gasteiger partial charge in [0.2, 0.25) is 3.79 Å². The number of anilines is 3. The molecule has 1 aromatic heterocycles. The van der Waals surface area contributed by atoms with E-state index in [9.17, 15) is 14.4 Å². The third kappa shape index (κ3) is 7.64. The summed E-state index contributed by atoms with van der Waals surface area (Å²) in [6.45, 7) is 4.91. The number of amides is 2. The summed E-state index contributed by atoms with van der Waals surface area (Å²) in [4.78, 5) is 41.8. The standard InChI is InChI=1S/C25H29Cl3FN5O7/c1-24(2,3)41-21(35)16-6-8-32(20(16)30)18-5-4-14(10-17(18)29)33-11-15(40-23(33)37)12-34(19-7-9-39-31-19)22(36)38-13-25(26,27)28/h4-5,7,9-10,15-16,20H,6,8,11-13,30H2,1-3H3/t15-,16?,20-/m1/s1. The Hall–Kier alpha value is -3.00. The SMILES string of the molecule is CC(C)(C)OC(=O)C1CCN(c2ccc(N3C[C@H](CN(C(=O)OCC(Cl)(Cl)Cl)c4ccon4)OC3=O)cc2F)[C@H]1N. The van der Waals surface area contributed by atoms with Crippen LogP contribution in [0.5, 0.6) is 0 Å². The number of carbonyl (C=O) groups is 3. The third-order valence-electron chi connectivity index (χ3n) is 6.26. The summed E-state index contributed by atoms with van der Waals surface area (Å²) in [7, 11) is 0. The second-order valence-electron chi connectivity index (χ2n) is 10.5. The van der Waals surface area contributed by atoms with Gasteiger partial charge in [-0.15, -0.1) is 0 Å². The molecular weight excluding hydrogens is 608 g/mol. The van der Waals surface area contributed by atoms with Gasteiger partial charge in [-0.3, -0.25) is 14.6 Å². The average molecular weight is 637 g/mol. The average Bonchev–Trinajstić information content (AvgIpc) is 3.60. The van der Waals surface area contributed by atoms with Gasteiger partial charge >= 0.3 is 18.2 Å². The molecule has 224 valence electrons. The second kappa shape index (κ2) is 12.1. The molecule has 0 radical (unpaired) electrons. The summed E-state index contributed by atoms with van der Waals surface area (Å²) in [5, 5.41) is 3.72. The first-order chi connectivity index (χ1) is 19.1. The van der Waals surface area contributed by atoms with E-state index in [2.05, 4.69) is 5.16 Å². The number of esters is 1. The van der Waals surface area contributed by atoms with E-state index < -0.39 is 58.2 Å². The minimum Gasteiger partial charge on any atom is -0.460 e. The van der Waals surface area contributed by atoms with Crippen molar-refractivity contribution in [1.29, 1.82) is 0 Å². The highest BCUT2D eigenvalue weighted by molar-refractivity contribution is 6.67. The summed E-state index contributed by atoms with van der Waals surface area (Å²) < 4.78 is 34.2. The van der Waals surface area contributed by atoms with Crippen molar-refractivity contribution < 1.29 is 37.5 Å². The van der Waals surface area contributed by atoms with Crippen LogP contribution in [0.1, 0.15) is 27.2 Å². The molecule has 2 amide bonds. The zero-order valence-electron chi connectivity index (χ0n) is 22.4. The van der Waals surface area contributed by atoms with E-state index in [1.807, 2.05) is 0 Å². The quantitative estimate of drug-likeness (QED) is 0.260. The summed E-state index contributed by atoms with van der Waals surface area (Å²) >= 11 is 17.0. The molecule has 2 saturated heterocycles. The fraction of sp³-hybridized carbons (Fsp3) is 0.520. The molecule has 12 nitrogen and oxygen atoms in total. The normalized spacial score (nSPS) is 21.2. The first-order valence-corrected chi connectivity index (χ1v) is 13.7. The number of benzene rings is 1. The maximum absolute atomic E-state index is 15.3. The van der Waals surface area contributed by atoms with E-state index >= 15 is 4.39 Å². The number of alkyl halides is 3. The molecule has 4 rings (SSSR count). The van der Waals surface area contributed by atoms with Gasteiger partial charge in [0.25, 0.3) is 0 Å². The lowest BCUT2D eigenvalue weighted by molar-refractivity contribution is -0.160. The molecule has 2 aliphatic heterocycles. The van der Waals surface area contributed by atoms with Gasteiger partial charge in [-0.25, -0.2) is 14.0 Å². The highest BCUT2D eigenvalue weighted by atomic mass is 35.6. The third-order valence-corrected chi connectivity index (χ3v) is 6.58. The Labute approximate surface area is 250 Å². The molecule has 2 fully saturated rings. The van der Waals surface area contributed by atoms with Crippen LogP contribution in [0.15, 0.2) is 35.1 Å². The van der Waals surface area contributed by atoms with Crippen LogP contribution in [0.4, 0.5) is 31.2 Å². The van der Waals surface area contributed by atoms with Crippen molar-refractivity contribution in [2.45, 2.75) is 48.9 Å². The van der Waals surface area contributed by atoms with E-state index in [-0.39, 0.29) is 30.3 Å². The molecule has 3 atom stereocenters. The van der Waals surface area contributed by atoms with Crippen molar-refractivity contribution in [1.82, 2.24) is 5.16 Å². The number of hydrogen-bond acceptors (Lipinski definition) is 10. The number of carbonyl (C=O) groups excluding carboxylic acids is 3. The lowest BCUT2D eigenvalue weighted by Crippen LogP contribution is -2.44. The van der Waals surface area contributed by atoms with Crippen LogP contribution >= 0.6 is 34.8 Å². The van der Waals surface area contributed by atoms with Crippen LogP contribution in [0.25, 0.3) is 0 Å². The Morgan fingerprint density at radius 2 is 1.98 bits per heavy atom. The van der Waals surface area contributed by atoms with Crippen molar-refractivity contribution >= 4 is 70.2 Å². The summed E-state index contributed by atoms with van der Waals surface area (Å²) in [6.07, 6.45) is -1.64. The predicted molar refractivity (Wildman–Crippen MR) is 149 cm³/mol. The zero-order valence-corrected chi connectivity index (χ0v) is 24.7. The van der Waals surface area contributed by atoms with Gasteiger partial charge in [0.15, 0.2) is 5.82 Å². The van der Waals surface area contributed by atoms with Gasteiger partial charge in [0, 0.05) is 12.6 Å². The Balaban J connectivity index is 1.43. The van der Waals surface area contributed by atoms with Crippen molar-refractivity contribution in [3.05, 3.63) is 36.3 Å². The Kier molecular flexibility index (Phi) is 9.12. The van der Waals surface area contributed by atoms with Crippen LogP contribution in [0.3, 0.4) is 0 Å². The molecule has 2 aromatic rings. The lowest BCUT2D eigenvalue weighted by Gasteiger charge is -2.28. The number of halogens is 4. The number of ether oxygens (including phenoxy) is 3.